The van der Waals surface area contributed by atoms with Crippen LogP contribution in [0.2, 0.25) is 0 Å². The first kappa shape index (κ1) is 11.7. The van der Waals surface area contributed by atoms with E-state index in [1.54, 1.807) is 11.9 Å². The van der Waals surface area contributed by atoms with E-state index in [9.17, 15) is 4.79 Å². The smallest absolute Gasteiger partial charge is 0.326 e. The Balaban J connectivity index is 1.88. The molecule has 0 saturated carbocycles. The summed E-state index contributed by atoms with van der Waals surface area (Å²) in [5.74, 6) is 1.18. The molecule has 0 unspecified atom stereocenters. The first-order valence-electron chi connectivity index (χ1n) is 6.27. The Hall–Kier alpha value is -2.37. The van der Waals surface area contributed by atoms with Crippen molar-refractivity contribution >= 4 is 17.7 Å². The van der Waals surface area contributed by atoms with Crippen LogP contribution in [-0.4, -0.2) is 39.3 Å². The number of amides is 1. The van der Waals surface area contributed by atoms with Crippen LogP contribution in [0.4, 0.5) is 16.4 Å². The molecule has 0 atom stereocenters. The molecule has 1 amide bonds. The normalized spacial score (nSPS) is 15.0. The maximum atomic E-state index is 12.1. The summed E-state index contributed by atoms with van der Waals surface area (Å²) >= 11 is 0. The topological polar surface area (TPSA) is 63.1 Å². The van der Waals surface area contributed by atoms with Gasteiger partial charge in [0.05, 0.1) is 0 Å². The van der Waals surface area contributed by atoms with Crippen molar-refractivity contribution < 1.29 is 4.79 Å². The molecule has 2 aromatic rings. The van der Waals surface area contributed by atoms with Crippen LogP contribution in [0.1, 0.15) is 12.2 Å². The number of aryl methyl sites for hydroxylation is 1. The summed E-state index contributed by atoms with van der Waals surface area (Å²) in [7, 11) is 1.78. The van der Waals surface area contributed by atoms with E-state index >= 15 is 0 Å². The van der Waals surface area contributed by atoms with Gasteiger partial charge in [0.15, 0.2) is 0 Å². The molecule has 1 aliphatic heterocycles. The Morgan fingerprint density at radius 2 is 2.05 bits per heavy atom. The number of anilines is 2. The lowest BCUT2D eigenvalue weighted by Crippen LogP contribution is -2.31. The number of rotatable bonds is 2. The van der Waals surface area contributed by atoms with Crippen molar-refractivity contribution in [2.45, 2.75) is 12.8 Å². The van der Waals surface area contributed by atoms with Crippen LogP contribution < -0.4 is 5.32 Å². The first-order chi connectivity index (χ1) is 9.24. The Morgan fingerprint density at radius 1 is 1.26 bits per heavy atom. The molecule has 0 fully saturated rings. The van der Waals surface area contributed by atoms with Crippen molar-refractivity contribution in [3.8, 4) is 0 Å². The molecule has 98 valence electrons. The number of hydrogen-bond donors (Lipinski definition) is 1. The van der Waals surface area contributed by atoms with E-state index in [0.717, 1.165) is 25.1 Å². The third-order valence-corrected chi connectivity index (χ3v) is 3.11. The average Bonchev–Trinajstić information content (AvgIpc) is 2.76. The van der Waals surface area contributed by atoms with E-state index in [0.29, 0.717) is 11.8 Å². The number of nitrogens with zero attached hydrogens (tertiary/aromatic N) is 4. The SMILES string of the molecule is CN1CCCc2nc(Nc3ccccc3)nn2C1=O. The van der Waals surface area contributed by atoms with Crippen molar-refractivity contribution in [1.82, 2.24) is 19.7 Å². The summed E-state index contributed by atoms with van der Waals surface area (Å²) in [6.07, 6.45) is 1.67. The zero-order valence-corrected chi connectivity index (χ0v) is 10.7. The minimum Gasteiger partial charge on any atom is -0.326 e. The lowest BCUT2D eigenvalue weighted by Gasteiger charge is -2.12. The fourth-order valence-electron chi connectivity index (χ4n) is 2.09. The minimum atomic E-state index is -0.124. The molecule has 6 heteroatoms. The van der Waals surface area contributed by atoms with Crippen molar-refractivity contribution in [1.29, 1.82) is 0 Å². The molecule has 0 bridgehead atoms. The molecule has 0 spiro atoms. The Bertz CT molecular complexity index is 592. The molecule has 0 saturated heterocycles. The van der Waals surface area contributed by atoms with Crippen LogP contribution in [0.25, 0.3) is 0 Å². The molecule has 6 nitrogen and oxygen atoms in total. The summed E-state index contributed by atoms with van der Waals surface area (Å²) in [6, 6.07) is 9.55. The van der Waals surface area contributed by atoms with Gasteiger partial charge >= 0.3 is 6.03 Å². The standard InChI is InChI=1S/C13H15N5O/c1-17-9-5-8-11-15-12(16-18(11)13(17)19)14-10-6-3-2-4-7-10/h2-4,6-7H,5,8-9H2,1H3,(H,14,16). The number of nitrogens with one attached hydrogen (secondary N) is 1. The summed E-state index contributed by atoms with van der Waals surface area (Å²) < 4.78 is 1.39. The molecular formula is C13H15N5O. The predicted octanol–water partition coefficient (Wildman–Crippen LogP) is 1.87. The first-order valence-corrected chi connectivity index (χ1v) is 6.27. The van der Waals surface area contributed by atoms with Crippen LogP contribution in [0.5, 0.6) is 0 Å². The lowest BCUT2D eigenvalue weighted by molar-refractivity contribution is 0.209. The highest BCUT2D eigenvalue weighted by molar-refractivity contribution is 5.77. The van der Waals surface area contributed by atoms with Gasteiger partial charge in [0.2, 0.25) is 5.95 Å². The quantitative estimate of drug-likeness (QED) is 0.892. The third kappa shape index (κ3) is 2.29. The van der Waals surface area contributed by atoms with Gasteiger partial charge in [0.25, 0.3) is 0 Å². The van der Waals surface area contributed by atoms with Crippen LogP contribution in [0.15, 0.2) is 30.3 Å². The predicted molar refractivity (Wildman–Crippen MR) is 71.5 cm³/mol. The average molecular weight is 257 g/mol. The molecule has 2 heterocycles. The number of para-hydroxylation sites is 1. The van der Waals surface area contributed by atoms with Crippen molar-refractivity contribution in [2.75, 3.05) is 18.9 Å². The lowest BCUT2D eigenvalue weighted by atomic mass is 10.3. The van der Waals surface area contributed by atoms with Gasteiger partial charge in [-0.3, -0.25) is 0 Å². The van der Waals surface area contributed by atoms with Gasteiger partial charge < -0.3 is 10.2 Å². The number of fused-ring (bicyclic) bond motifs is 1. The maximum Gasteiger partial charge on any atom is 0.346 e. The second kappa shape index (κ2) is 4.72. The highest BCUT2D eigenvalue weighted by atomic mass is 16.2. The molecule has 1 N–H and O–H groups in total. The van der Waals surface area contributed by atoms with Crippen molar-refractivity contribution in [2.24, 2.45) is 0 Å². The number of aromatic nitrogens is 3. The summed E-state index contributed by atoms with van der Waals surface area (Å²) in [4.78, 5) is 18.1. The molecule has 1 aliphatic rings. The van der Waals surface area contributed by atoms with Crippen LogP contribution in [0, 0.1) is 0 Å². The van der Waals surface area contributed by atoms with E-state index in [2.05, 4.69) is 15.4 Å². The molecule has 0 aliphatic carbocycles. The second-order valence-corrected chi connectivity index (χ2v) is 4.56. The molecule has 19 heavy (non-hydrogen) atoms. The van der Waals surface area contributed by atoms with E-state index < -0.39 is 0 Å². The molecule has 0 radical (unpaired) electrons. The van der Waals surface area contributed by atoms with E-state index in [1.807, 2.05) is 30.3 Å². The zero-order chi connectivity index (χ0) is 13.2. The van der Waals surface area contributed by atoms with Gasteiger partial charge in [-0.2, -0.15) is 9.67 Å². The van der Waals surface area contributed by atoms with Crippen molar-refractivity contribution in [3.05, 3.63) is 36.2 Å². The monoisotopic (exact) mass is 257 g/mol. The van der Waals surface area contributed by atoms with E-state index in [4.69, 9.17) is 0 Å². The Kier molecular flexibility index (Phi) is 2.91. The Labute approximate surface area is 111 Å². The third-order valence-electron chi connectivity index (χ3n) is 3.11. The highest BCUT2D eigenvalue weighted by Gasteiger charge is 2.22. The highest BCUT2D eigenvalue weighted by Crippen LogP contribution is 2.15. The summed E-state index contributed by atoms with van der Waals surface area (Å²) in [5, 5.41) is 7.34. The number of benzene rings is 1. The van der Waals surface area contributed by atoms with Gasteiger partial charge in [-0.25, -0.2) is 4.79 Å². The van der Waals surface area contributed by atoms with E-state index in [-0.39, 0.29) is 6.03 Å². The maximum absolute atomic E-state index is 12.1. The molecular weight excluding hydrogens is 242 g/mol. The minimum absolute atomic E-state index is 0.124. The molecule has 1 aromatic heterocycles. The number of carbonyl (C=O) groups is 1. The molecule has 3 rings (SSSR count). The Morgan fingerprint density at radius 3 is 2.84 bits per heavy atom. The van der Waals surface area contributed by atoms with Crippen molar-refractivity contribution in [3.63, 3.8) is 0 Å². The summed E-state index contributed by atoms with van der Waals surface area (Å²) in [6.45, 7) is 0.741. The van der Waals surface area contributed by atoms with Gasteiger partial charge in [-0.15, -0.1) is 5.10 Å². The van der Waals surface area contributed by atoms with Gasteiger partial charge in [-0.05, 0) is 18.6 Å². The fourth-order valence-corrected chi connectivity index (χ4v) is 2.09. The summed E-state index contributed by atoms with van der Waals surface area (Å²) in [5.41, 5.74) is 0.907. The largest absolute Gasteiger partial charge is 0.346 e. The van der Waals surface area contributed by atoms with Crippen LogP contribution in [-0.2, 0) is 6.42 Å². The van der Waals surface area contributed by atoms with Gasteiger partial charge in [0, 0.05) is 25.7 Å². The van der Waals surface area contributed by atoms with Crippen LogP contribution >= 0.6 is 0 Å². The number of hydrogen-bond acceptors (Lipinski definition) is 4. The zero-order valence-electron chi connectivity index (χ0n) is 10.7. The second-order valence-electron chi connectivity index (χ2n) is 4.56. The van der Waals surface area contributed by atoms with Gasteiger partial charge in [0.1, 0.15) is 5.82 Å². The number of carbonyl (C=O) groups excluding carboxylic acids is 1. The van der Waals surface area contributed by atoms with Crippen LogP contribution in [0.3, 0.4) is 0 Å². The van der Waals surface area contributed by atoms with Gasteiger partial charge in [-0.1, -0.05) is 18.2 Å². The molecule has 1 aromatic carbocycles. The fraction of sp³-hybridized carbons (Fsp3) is 0.308. The van der Waals surface area contributed by atoms with E-state index in [1.165, 1.54) is 4.68 Å².